The van der Waals surface area contributed by atoms with Crippen molar-refractivity contribution < 1.29 is 0 Å². The maximum atomic E-state index is 8.87. The molecule has 1 aromatic carbocycles. The average Bonchev–Trinajstić information content (AvgIpc) is 2.83. The number of allylic oxidation sites excluding steroid dienone is 4. The average molecular weight is 446 g/mol. The molecule has 2 aromatic heterocycles. The van der Waals surface area contributed by atoms with Gasteiger partial charge in [0.2, 0.25) is 5.95 Å². The highest BCUT2D eigenvalue weighted by atomic mass is 15.1. The lowest BCUT2D eigenvalue weighted by Crippen LogP contribution is -2.06. The molecule has 0 saturated heterocycles. The zero-order valence-corrected chi connectivity index (χ0v) is 19.0. The lowest BCUT2D eigenvalue weighted by Gasteiger charge is -2.15. The fourth-order valence-electron chi connectivity index (χ4n) is 3.21. The van der Waals surface area contributed by atoms with Crippen molar-refractivity contribution in [1.29, 1.82) is 10.5 Å². The number of benzene rings is 1. The fraction of sp³-hybridized carbons (Fsp3) is 0.0741. The van der Waals surface area contributed by atoms with Crippen molar-refractivity contribution in [1.82, 2.24) is 15.0 Å². The zero-order chi connectivity index (χ0) is 24.5. The van der Waals surface area contributed by atoms with E-state index >= 15 is 0 Å². The molecule has 2 N–H and O–H groups in total. The monoisotopic (exact) mass is 445 g/mol. The molecule has 0 radical (unpaired) electrons. The van der Waals surface area contributed by atoms with E-state index in [1.54, 1.807) is 30.6 Å². The SMILES string of the molecule is C=C(C#N)/C=C\C(=C)Nc1nc(Nc2c(C)cc(/C=C/C#N)cc2C)cc(-c2cccnc2)n1. The van der Waals surface area contributed by atoms with Gasteiger partial charge in [0.15, 0.2) is 0 Å². The number of nitrogens with zero attached hydrogens (tertiary/aromatic N) is 5. The number of rotatable bonds is 8. The maximum Gasteiger partial charge on any atom is 0.229 e. The van der Waals surface area contributed by atoms with Crippen molar-refractivity contribution >= 4 is 23.5 Å². The molecule has 0 saturated carbocycles. The van der Waals surface area contributed by atoms with Crippen molar-refractivity contribution in [3.8, 4) is 23.4 Å². The number of hydrogen-bond acceptors (Lipinski definition) is 7. The normalized spacial score (nSPS) is 10.6. The van der Waals surface area contributed by atoms with Gasteiger partial charge >= 0.3 is 0 Å². The molecule has 3 rings (SSSR count). The summed E-state index contributed by atoms with van der Waals surface area (Å²) in [5, 5.41) is 24.1. The van der Waals surface area contributed by atoms with Crippen molar-refractivity contribution in [2.45, 2.75) is 13.8 Å². The van der Waals surface area contributed by atoms with Gasteiger partial charge in [0, 0.05) is 47.1 Å². The largest absolute Gasteiger partial charge is 0.340 e. The summed E-state index contributed by atoms with van der Waals surface area (Å²) in [5.74, 6) is 0.922. The topological polar surface area (TPSA) is 110 Å². The first-order valence-electron chi connectivity index (χ1n) is 10.4. The first-order chi connectivity index (χ1) is 16.4. The van der Waals surface area contributed by atoms with Gasteiger partial charge < -0.3 is 10.6 Å². The van der Waals surface area contributed by atoms with Crippen LogP contribution in [0.15, 0.2) is 85.4 Å². The highest BCUT2D eigenvalue weighted by molar-refractivity contribution is 5.72. The molecule has 166 valence electrons. The first-order valence-corrected chi connectivity index (χ1v) is 10.4. The molecular weight excluding hydrogens is 422 g/mol. The molecule has 34 heavy (non-hydrogen) atoms. The third-order valence-corrected chi connectivity index (χ3v) is 4.74. The number of nitrogens with one attached hydrogen (secondary N) is 2. The number of aryl methyl sites for hydroxylation is 2. The Hall–Kier alpha value is -5.01. The van der Waals surface area contributed by atoms with Gasteiger partial charge in [-0.25, -0.2) is 4.98 Å². The molecule has 0 aliphatic rings. The van der Waals surface area contributed by atoms with Gasteiger partial charge in [0.1, 0.15) is 5.82 Å². The van der Waals surface area contributed by atoms with Crippen LogP contribution >= 0.6 is 0 Å². The van der Waals surface area contributed by atoms with Gasteiger partial charge in [-0.2, -0.15) is 15.5 Å². The molecular formula is C27H23N7. The maximum absolute atomic E-state index is 8.87. The summed E-state index contributed by atoms with van der Waals surface area (Å²) < 4.78 is 0. The van der Waals surface area contributed by atoms with E-state index in [1.165, 1.54) is 6.08 Å². The lowest BCUT2D eigenvalue weighted by molar-refractivity contribution is 1.15. The van der Waals surface area contributed by atoms with Crippen LogP contribution in [0, 0.1) is 36.5 Å². The van der Waals surface area contributed by atoms with Gasteiger partial charge in [-0.15, -0.1) is 0 Å². The summed E-state index contributed by atoms with van der Waals surface area (Å²) in [6, 6.07) is 13.6. The predicted molar refractivity (Wildman–Crippen MR) is 136 cm³/mol. The minimum atomic E-state index is 0.314. The van der Waals surface area contributed by atoms with Crippen molar-refractivity contribution in [2.24, 2.45) is 0 Å². The number of pyridine rings is 1. The van der Waals surface area contributed by atoms with E-state index in [0.717, 1.165) is 27.9 Å². The van der Waals surface area contributed by atoms with Crippen LogP contribution in [0.1, 0.15) is 16.7 Å². The number of hydrogen-bond donors (Lipinski definition) is 2. The van der Waals surface area contributed by atoms with Gasteiger partial charge in [0.25, 0.3) is 0 Å². The highest BCUT2D eigenvalue weighted by Gasteiger charge is 2.11. The van der Waals surface area contributed by atoms with Crippen LogP contribution in [0.25, 0.3) is 17.3 Å². The second-order valence-corrected chi connectivity index (χ2v) is 7.44. The molecule has 0 unspecified atom stereocenters. The van der Waals surface area contributed by atoms with Crippen LogP contribution in [-0.2, 0) is 0 Å². The van der Waals surface area contributed by atoms with E-state index in [9.17, 15) is 0 Å². The van der Waals surface area contributed by atoms with E-state index < -0.39 is 0 Å². The molecule has 0 spiro atoms. The zero-order valence-electron chi connectivity index (χ0n) is 19.0. The summed E-state index contributed by atoms with van der Waals surface area (Å²) in [6.07, 6.45) is 9.87. The highest BCUT2D eigenvalue weighted by Crippen LogP contribution is 2.28. The van der Waals surface area contributed by atoms with Gasteiger partial charge in [-0.3, -0.25) is 4.98 Å². The molecule has 0 bridgehead atoms. The van der Waals surface area contributed by atoms with Crippen LogP contribution < -0.4 is 10.6 Å². The van der Waals surface area contributed by atoms with Gasteiger partial charge in [-0.05, 0) is 73.0 Å². The van der Waals surface area contributed by atoms with E-state index in [2.05, 4.69) is 38.7 Å². The van der Waals surface area contributed by atoms with Crippen LogP contribution in [0.4, 0.5) is 17.5 Å². The molecule has 0 fully saturated rings. The van der Waals surface area contributed by atoms with E-state index in [-0.39, 0.29) is 0 Å². The summed E-state index contributed by atoms with van der Waals surface area (Å²) >= 11 is 0. The summed E-state index contributed by atoms with van der Waals surface area (Å²) in [7, 11) is 0. The van der Waals surface area contributed by atoms with E-state index in [1.807, 2.05) is 56.3 Å². The second kappa shape index (κ2) is 11.0. The molecule has 0 aliphatic heterocycles. The Kier molecular flexibility index (Phi) is 7.67. The smallest absolute Gasteiger partial charge is 0.229 e. The minimum absolute atomic E-state index is 0.314. The minimum Gasteiger partial charge on any atom is -0.340 e. The van der Waals surface area contributed by atoms with Gasteiger partial charge in [0.05, 0.1) is 17.8 Å². The Labute approximate surface area is 199 Å². The van der Waals surface area contributed by atoms with Crippen LogP contribution in [-0.4, -0.2) is 15.0 Å². The Morgan fingerprint density at radius 2 is 1.82 bits per heavy atom. The summed E-state index contributed by atoms with van der Waals surface area (Å²) in [6.45, 7) is 11.6. The van der Waals surface area contributed by atoms with Crippen LogP contribution in [0.2, 0.25) is 0 Å². The number of nitriles is 2. The Morgan fingerprint density at radius 3 is 2.47 bits per heavy atom. The molecule has 2 heterocycles. The predicted octanol–water partition coefficient (Wildman–Crippen LogP) is 6.00. The van der Waals surface area contributed by atoms with E-state index in [4.69, 9.17) is 10.5 Å². The quantitative estimate of drug-likeness (QED) is 0.323. The van der Waals surface area contributed by atoms with E-state index in [0.29, 0.717) is 28.7 Å². The number of aromatic nitrogens is 3. The summed E-state index contributed by atoms with van der Waals surface area (Å²) in [5.41, 5.74) is 6.22. The lowest BCUT2D eigenvalue weighted by atomic mass is 10.0. The molecule has 3 aromatic rings. The molecule has 0 amide bonds. The first kappa shape index (κ1) is 23.6. The Bertz CT molecular complexity index is 1350. The molecule has 0 atom stereocenters. The van der Waals surface area contributed by atoms with Crippen molar-refractivity contribution in [3.05, 3.63) is 102 Å². The second-order valence-electron chi connectivity index (χ2n) is 7.44. The van der Waals surface area contributed by atoms with Crippen molar-refractivity contribution in [3.63, 3.8) is 0 Å². The molecule has 7 nitrogen and oxygen atoms in total. The van der Waals surface area contributed by atoms with Crippen LogP contribution in [0.3, 0.4) is 0 Å². The molecule has 7 heteroatoms. The Balaban J connectivity index is 1.98. The standard InChI is InChI=1S/C27H23N7/c1-18(16-29)9-10-21(4)31-27-32-24(23-8-6-12-30-17-23)15-25(34-27)33-26-19(2)13-22(7-5-11-28)14-20(26)3/h5-10,12-15,17H,1,4H2,2-3H3,(H2,31,32,33,34)/b7-5+,10-9-. The summed E-state index contributed by atoms with van der Waals surface area (Å²) in [4.78, 5) is 13.4. The third-order valence-electron chi connectivity index (χ3n) is 4.74. The Morgan fingerprint density at radius 1 is 1.06 bits per heavy atom. The van der Waals surface area contributed by atoms with Crippen molar-refractivity contribution in [2.75, 3.05) is 10.6 Å². The third kappa shape index (κ3) is 6.25. The van der Waals surface area contributed by atoms with Gasteiger partial charge in [-0.1, -0.05) is 13.2 Å². The molecule has 0 aliphatic carbocycles. The number of anilines is 3. The fourth-order valence-corrected chi connectivity index (χ4v) is 3.21. The van der Waals surface area contributed by atoms with Crippen LogP contribution in [0.5, 0.6) is 0 Å².